The number of hydrogen-bond donors (Lipinski definition) is 1. The van der Waals surface area contributed by atoms with E-state index in [1.54, 1.807) is 0 Å². The van der Waals surface area contributed by atoms with E-state index in [0.717, 1.165) is 19.5 Å². The van der Waals surface area contributed by atoms with E-state index in [2.05, 4.69) is 72.6 Å². The summed E-state index contributed by atoms with van der Waals surface area (Å²) >= 11 is 0. The Labute approximate surface area is 156 Å². The number of benzene rings is 2. The Balaban J connectivity index is 0.00000225. The van der Waals surface area contributed by atoms with Gasteiger partial charge in [-0.1, -0.05) is 68.4 Å². The number of nitrogens with zero attached hydrogens (tertiary/aromatic N) is 1. The van der Waals surface area contributed by atoms with Crippen LogP contribution in [0.25, 0.3) is 0 Å². The lowest BCUT2D eigenvalue weighted by Gasteiger charge is -2.24. The minimum atomic E-state index is 0. The van der Waals surface area contributed by atoms with Crippen LogP contribution in [0.5, 0.6) is 0 Å². The SMILES string of the molecule is CCN(CC)CC(=O)NC1c2ccccc2CC1c1ccccc1.Cl. The molecule has 0 heterocycles. The molecule has 1 aliphatic rings. The average molecular weight is 359 g/mol. The molecule has 2 aromatic carbocycles. The van der Waals surface area contributed by atoms with Gasteiger partial charge in [-0.2, -0.15) is 0 Å². The molecule has 0 aliphatic heterocycles. The fourth-order valence-electron chi connectivity index (χ4n) is 3.65. The molecule has 0 radical (unpaired) electrons. The van der Waals surface area contributed by atoms with Crippen molar-refractivity contribution in [2.24, 2.45) is 0 Å². The molecule has 0 spiro atoms. The van der Waals surface area contributed by atoms with Crippen molar-refractivity contribution in [3.05, 3.63) is 71.3 Å². The van der Waals surface area contributed by atoms with E-state index in [9.17, 15) is 4.79 Å². The smallest absolute Gasteiger partial charge is 0.234 e. The summed E-state index contributed by atoms with van der Waals surface area (Å²) < 4.78 is 0. The summed E-state index contributed by atoms with van der Waals surface area (Å²) in [5, 5.41) is 3.30. The number of nitrogens with one attached hydrogen (secondary N) is 1. The Morgan fingerprint density at radius 2 is 1.68 bits per heavy atom. The first kappa shape index (κ1) is 19.5. The predicted molar refractivity (Wildman–Crippen MR) is 105 cm³/mol. The number of amides is 1. The second kappa shape index (κ2) is 9.02. The van der Waals surface area contributed by atoms with E-state index >= 15 is 0 Å². The highest BCUT2D eigenvalue weighted by Gasteiger charge is 2.34. The van der Waals surface area contributed by atoms with Gasteiger partial charge in [-0.3, -0.25) is 9.69 Å². The molecular formula is C21H27ClN2O. The quantitative estimate of drug-likeness (QED) is 0.848. The average Bonchev–Trinajstić information content (AvgIpc) is 2.99. The van der Waals surface area contributed by atoms with Crippen molar-refractivity contribution in [3.63, 3.8) is 0 Å². The second-order valence-electron chi connectivity index (χ2n) is 6.43. The van der Waals surface area contributed by atoms with Crippen molar-refractivity contribution in [2.75, 3.05) is 19.6 Å². The van der Waals surface area contributed by atoms with Crippen LogP contribution in [0.15, 0.2) is 54.6 Å². The Kier molecular flexibility index (Phi) is 7.03. The molecular weight excluding hydrogens is 332 g/mol. The highest BCUT2D eigenvalue weighted by molar-refractivity contribution is 5.85. The van der Waals surface area contributed by atoms with E-state index in [-0.39, 0.29) is 24.4 Å². The molecule has 0 aromatic heterocycles. The number of halogens is 1. The summed E-state index contributed by atoms with van der Waals surface area (Å²) in [6.45, 7) is 6.44. The molecule has 1 aliphatic carbocycles. The van der Waals surface area contributed by atoms with Crippen LogP contribution in [0.3, 0.4) is 0 Å². The maximum atomic E-state index is 12.6. The summed E-state index contributed by atoms with van der Waals surface area (Å²) in [6.07, 6.45) is 0.983. The third-order valence-corrected chi connectivity index (χ3v) is 5.04. The monoisotopic (exact) mass is 358 g/mol. The minimum Gasteiger partial charge on any atom is -0.348 e. The number of hydrogen-bond acceptors (Lipinski definition) is 2. The molecule has 0 fully saturated rings. The van der Waals surface area contributed by atoms with E-state index in [1.807, 2.05) is 6.07 Å². The van der Waals surface area contributed by atoms with Crippen molar-refractivity contribution in [2.45, 2.75) is 32.2 Å². The number of carbonyl (C=O) groups excluding carboxylic acids is 1. The molecule has 3 rings (SSSR count). The highest BCUT2D eigenvalue weighted by Crippen LogP contribution is 2.42. The van der Waals surface area contributed by atoms with E-state index in [4.69, 9.17) is 0 Å². The second-order valence-corrected chi connectivity index (χ2v) is 6.43. The van der Waals surface area contributed by atoms with Gasteiger partial charge in [0.05, 0.1) is 12.6 Å². The Hall–Kier alpha value is -1.84. The number of carbonyl (C=O) groups is 1. The van der Waals surface area contributed by atoms with E-state index < -0.39 is 0 Å². The fraction of sp³-hybridized carbons (Fsp3) is 0.381. The van der Waals surface area contributed by atoms with Crippen LogP contribution in [0.2, 0.25) is 0 Å². The molecule has 0 bridgehead atoms. The van der Waals surface area contributed by atoms with Gasteiger partial charge < -0.3 is 5.32 Å². The zero-order chi connectivity index (χ0) is 16.9. The van der Waals surface area contributed by atoms with Crippen molar-refractivity contribution >= 4 is 18.3 Å². The lowest BCUT2D eigenvalue weighted by atomic mass is 9.92. The summed E-state index contributed by atoms with van der Waals surface area (Å²) in [7, 11) is 0. The lowest BCUT2D eigenvalue weighted by molar-refractivity contribution is -0.123. The molecule has 0 saturated heterocycles. The molecule has 2 unspecified atom stereocenters. The topological polar surface area (TPSA) is 32.3 Å². The minimum absolute atomic E-state index is 0. The van der Waals surface area contributed by atoms with Gasteiger partial charge in [-0.05, 0) is 36.2 Å². The van der Waals surface area contributed by atoms with Crippen LogP contribution in [-0.2, 0) is 11.2 Å². The molecule has 25 heavy (non-hydrogen) atoms. The molecule has 1 N–H and O–H groups in total. The first-order valence-corrected chi connectivity index (χ1v) is 8.87. The molecule has 3 nitrogen and oxygen atoms in total. The van der Waals surface area contributed by atoms with Crippen LogP contribution in [0.1, 0.15) is 42.5 Å². The van der Waals surface area contributed by atoms with Gasteiger partial charge in [0.25, 0.3) is 0 Å². The maximum absolute atomic E-state index is 12.6. The van der Waals surface area contributed by atoms with Crippen LogP contribution < -0.4 is 5.32 Å². The van der Waals surface area contributed by atoms with Crippen LogP contribution in [0.4, 0.5) is 0 Å². The van der Waals surface area contributed by atoms with Crippen molar-refractivity contribution in [1.29, 1.82) is 0 Å². The standard InChI is InChI=1S/C21H26N2O.ClH/c1-3-23(4-2)15-20(24)22-21-18-13-9-8-12-17(18)14-19(21)16-10-6-5-7-11-16;/h5-13,19,21H,3-4,14-15H2,1-2H3,(H,22,24);1H. The molecule has 134 valence electrons. The van der Waals surface area contributed by atoms with Crippen LogP contribution >= 0.6 is 12.4 Å². The maximum Gasteiger partial charge on any atom is 0.234 e. The zero-order valence-electron chi connectivity index (χ0n) is 14.9. The summed E-state index contributed by atoms with van der Waals surface area (Å²) in [6, 6.07) is 19.1. The Bertz CT molecular complexity index is 685. The molecule has 0 saturated carbocycles. The largest absolute Gasteiger partial charge is 0.348 e. The molecule has 4 heteroatoms. The third-order valence-electron chi connectivity index (χ3n) is 5.04. The van der Waals surface area contributed by atoms with Gasteiger partial charge in [0.1, 0.15) is 0 Å². The summed E-state index contributed by atoms with van der Waals surface area (Å²) in [5.74, 6) is 0.422. The van der Waals surface area contributed by atoms with Crippen LogP contribution in [0, 0.1) is 0 Å². The van der Waals surface area contributed by atoms with Gasteiger partial charge in [-0.15, -0.1) is 12.4 Å². The molecule has 2 aromatic rings. The van der Waals surface area contributed by atoms with Gasteiger partial charge >= 0.3 is 0 Å². The van der Waals surface area contributed by atoms with Gasteiger partial charge in [0.15, 0.2) is 0 Å². The van der Waals surface area contributed by atoms with E-state index in [0.29, 0.717) is 12.5 Å². The zero-order valence-corrected chi connectivity index (χ0v) is 15.8. The lowest BCUT2D eigenvalue weighted by Crippen LogP contribution is -2.39. The molecule has 1 amide bonds. The Morgan fingerprint density at radius 1 is 1.04 bits per heavy atom. The van der Waals surface area contributed by atoms with Crippen molar-refractivity contribution in [1.82, 2.24) is 10.2 Å². The fourth-order valence-corrected chi connectivity index (χ4v) is 3.65. The Morgan fingerprint density at radius 3 is 2.36 bits per heavy atom. The summed E-state index contributed by atoms with van der Waals surface area (Å²) in [4.78, 5) is 14.7. The predicted octanol–water partition coefficient (Wildman–Crippen LogP) is 3.95. The highest BCUT2D eigenvalue weighted by atomic mass is 35.5. The third kappa shape index (κ3) is 4.42. The number of fused-ring (bicyclic) bond motifs is 1. The van der Waals surface area contributed by atoms with Crippen molar-refractivity contribution < 1.29 is 4.79 Å². The summed E-state index contributed by atoms with van der Waals surface area (Å²) in [5.41, 5.74) is 3.90. The normalized spacial score (nSPS) is 18.5. The van der Waals surface area contributed by atoms with Gasteiger partial charge in [0, 0.05) is 5.92 Å². The number of likely N-dealkylation sites (N-methyl/N-ethyl adjacent to an activating group) is 1. The van der Waals surface area contributed by atoms with Gasteiger partial charge in [-0.25, -0.2) is 0 Å². The van der Waals surface area contributed by atoms with Crippen LogP contribution in [-0.4, -0.2) is 30.4 Å². The van der Waals surface area contributed by atoms with E-state index in [1.165, 1.54) is 16.7 Å². The van der Waals surface area contributed by atoms with Crippen molar-refractivity contribution in [3.8, 4) is 0 Å². The first-order chi connectivity index (χ1) is 11.7. The molecule has 2 atom stereocenters. The number of rotatable bonds is 6. The first-order valence-electron chi connectivity index (χ1n) is 8.87. The van der Waals surface area contributed by atoms with Gasteiger partial charge in [0.2, 0.25) is 5.91 Å².